The molecule has 0 nitrogen and oxygen atoms in total. The van der Waals surface area contributed by atoms with Crippen LogP contribution in [0.4, 0.5) is 0 Å². The molecular formula is C12H26BrP. The molecule has 2 unspecified atom stereocenters. The van der Waals surface area contributed by atoms with Crippen molar-refractivity contribution in [1.29, 1.82) is 0 Å². The Morgan fingerprint density at radius 1 is 0.857 bits per heavy atom. The highest BCUT2D eigenvalue weighted by Gasteiger charge is 1.95. The van der Waals surface area contributed by atoms with Gasteiger partial charge < -0.3 is 0 Å². The zero-order chi connectivity index (χ0) is 10.6. The van der Waals surface area contributed by atoms with Gasteiger partial charge in [0.25, 0.3) is 0 Å². The van der Waals surface area contributed by atoms with Crippen LogP contribution in [0.5, 0.6) is 0 Å². The Kier molecular flexibility index (Phi) is 12.8. The van der Waals surface area contributed by atoms with Crippen molar-refractivity contribution >= 4 is 25.2 Å². The van der Waals surface area contributed by atoms with E-state index in [-0.39, 0.29) is 0 Å². The van der Waals surface area contributed by atoms with Gasteiger partial charge >= 0.3 is 0 Å². The quantitative estimate of drug-likeness (QED) is 0.281. The van der Waals surface area contributed by atoms with Crippen LogP contribution in [0.15, 0.2) is 0 Å². The lowest BCUT2D eigenvalue weighted by molar-refractivity contribution is 0.562. The lowest BCUT2D eigenvalue weighted by Crippen LogP contribution is -1.86. The lowest BCUT2D eigenvalue weighted by atomic mass is 10.1. The van der Waals surface area contributed by atoms with Crippen LogP contribution in [-0.2, 0) is 0 Å². The van der Waals surface area contributed by atoms with Crippen molar-refractivity contribution in [3.63, 3.8) is 0 Å². The van der Waals surface area contributed by atoms with E-state index in [9.17, 15) is 0 Å². The number of rotatable bonds is 10. The van der Waals surface area contributed by atoms with Crippen LogP contribution in [0.25, 0.3) is 0 Å². The highest BCUT2D eigenvalue weighted by Crippen LogP contribution is 2.17. The van der Waals surface area contributed by atoms with Gasteiger partial charge in [0.1, 0.15) is 0 Å². The summed E-state index contributed by atoms with van der Waals surface area (Å²) in [4.78, 5) is 0. The summed E-state index contributed by atoms with van der Waals surface area (Å²) in [6.07, 6.45) is 14.2. The fraction of sp³-hybridized carbons (Fsp3) is 1.00. The SMILES string of the molecule is CCCCCCCCCCCC(P)Br. The first-order chi connectivity index (χ1) is 6.77. The monoisotopic (exact) mass is 280 g/mol. The molecule has 0 aliphatic rings. The van der Waals surface area contributed by atoms with Gasteiger partial charge in [-0.1, -0.05) is 80.6 Å². The zero-order valence-electron chi connectivity index (χ0n) is 9.60. The molecule has 0 radical (unpaired) electrons. The minimum Gasteiger partial charge on any atom is -0.123 e. The predicted molar refractivity (Wildman–Crippen MR) is 74.3 cm³/mol. The molecule has 2 heteroatoms. The third kappa shape index (κ3) is 12.9. The number of hydrogen-bond donors (Lipinski definition) is 0. The Balaban J connectivity index is 2.85. The van der Waals surface area contributed by atoms with Gasteiger partial charge in [0.05, 0.1) is 0 Å². The topological polar surface area (TPSA) is 0 Å². The zero-order valence-corrected chi connectivity index (χ0v) is 12.3. The molecular weight excluding hydrogens is 255 g/mol. The van der Waals surface area contributed by atoms with Crippen LogP contribution < -0.4 is 0 Å². The highest BCUT2D eigenvalue weighted by molar-refractivity contribution is 9.10. The van der Waals surface area contributed by atoms with Gasteiger partial charge in [0.15, 0.2) is 0 Å². The standard InChI is InChI=1S/C12H26BrP/c1-2-3-4-5-6-7-8-9-10-11-12(13)14/h12H,2-11,14H2,1H3. The average molecular weight is 281 g/mol. The van der Waals surface area contributed by atoms with E-state index in [1.54, 1.807) is 0 Å². The Morgan fingerprint density at radius 2 is 1.29 bits per heavy atom. The van der Waals surface area contributed by atoms with E-state index < -0.39 is 0 Å². The second kappa shape index (κ2) is 12.0. The summed E-state index contributed by atoms with van der Waals surface area (Å²) in [6, 6.07) is 0. The maximum Gasteiger partial charge on any atom is 0.0288 e. The van der Waals surface area contributed by atoms with Crippen LogP contribution in [0.3, 0.4) is 0 Å². The van der Waals surface area contributed by atoms with Gasteiger partial charge in [0, 0.05) is 4.57 Å². The van der Waals surface area contributed by atoms with Crippen molar-refractivity contribution in [3.8, 4) is 0 Å². The Hall–Kier alpha value is 0.910. The molecule has 0 aromatic carbocycles. The summed E-state index contributed by atoms with van der Waals surface area (Å²) in [6.45, 7) is 2.28. The van der Waals surface area contributed by atoms with Crippen molar-refractivity contribution in [2.75, 3.05) is 0 Å². The second-order valence-electron chi connectivity index (χ2n) is 4.13. The molecule has 0 N–H and O–H groups in total. The molecule has 0 aromatic rings. The van der Waals surface area contributed by atoms with Crippen LogP contribution in [0.1, 0.15) is 71.1 Å². The number of unbranched alkanes of at least 4 members (excludes halogenated alkanes) is 8. The average Bonchev–Trinajstić information content (AvgIpc) is 2.15. The molecule has 0 amide bonds. The number of alkyl halides is 1. The summed E-state index contributed by atoms with van der Waals surface area (Å²) in [5.74, 6) is 0. The molecule has 0 aromatic heterocycles. The first kappa shape index (κ1) is 14.9. The minimum atomic E-state index is 0.632. The molecule has 0 heterocycles. The fourth-order valence-electron chi connectivity index (χ4n) is 1.65. The van der Waals surface area contributed by atoms with Crippen LogP contribution in [0.2, 0.25) is 0 Å². The second-order valence-corrected chi connectivity index (χ2v) is 7.09. The molecule has 0 aliphatic heterocycles. The van der Waals surface area contributed by atoms with Gasteiger partial charge in [0.2, 0.25) is 0 Å². The fourth-order valence-corrected chi connectivity index (χ4v) is 2.21. The van der Waals surface area contributed by atoms with E-state index in [0.29, 0.717) is 4.57 Å². The molecule has 0 fully saturated rings. The van der Waals surface area contributed by atoms with Gasteiger partial charge in [-0.3, -0.25) is 0 Å². The molecule has 0 spiro atoms. The van der Waals surface area contributed by atoms with Crippen LogP contribution in [0, 0.1) is 0 Å². The van der Waals surface area contributed by atoms with E-state index in [2.05, 4.69) is 32.1 Å². The molecule has 0 rings (SSSR count). The normalized spacial score (nSPS) is 13.1. The molecule has 0 saturated heterocycles. The Bertz CT molecular complexity index is 104. The van der Waals surface area contributed by atoms with Crippen LogP contribution in [-0.4, -0.2) is 4.57 Å². The maximum atomic E-state index is 3.55. The van der Waals surface area contributed by atoms with Crippen molar-refractivity contribution in [2.45, 2.75) is 75.7 Å². The molecule has 86 valence electrons. The van der Waals surface area contributed by atoms with E-state index >= 15 is 0 Å². The van der Waals surface area contributed by atoms with Gasteiger partial charge in [-0.05, 0) is 6.42 Å². The van der Waals surface area contributed by atoms with Crippen LogP contribution >= 0.6 is 25.2 Å². The van der Waals surface area contributed by atoms with E-state index in [4.69, 9.17) is 0 Å². The molecule has 2 atom stereocenters. The van der Waals surface area contributed by atoms with E-state index in [0.717, 1.165) is 0 Å². The van der Waals surface area contributed by atoms with E-state index in [1.165, 1.54) is 64.2 Å². The third-order valence-corrected chi connectivity index (χ3v) is 3.37. The summed E-state index contributed by atoms with van der Waals surface area (Å²) < 4.78 is 0.632. The van der Waals surface area contributed by atoms with Gasteiger partial charge in [-0.2, -0.15) is 0 Å². The largest absolute Gasteiger partial charge is 0.123 e. The Morgan fingerprint density at radius 3 is 1.71 bits per heavy atom. The summed E-state index contributed by atoms with van der Waals surface area (Å²) in [5, 5.41) is 0. The Labute approximate surface area is 101 Å². The van der Waals surface area contributed by atoms with Crippen molar-refractivity contribution in [2.24, 2.45) is 0 Å². The molecule has 14 heavy (non-hydrogen) atoms. The van der Waals surface area contributed by atoms with Crippen molar-refractivity contribution in [1.82, 2.24) is 0 Å². The summed E-state index contributed by atoms with van der Waals surface area (Å²) in [5.41, 5.74) is 0. The predicted octanol–water partition coefficient (Wildman–Crippen LogP) is 5.50. The summed E-state index contributed by atoms with van der Waals surface area (Å²) >= 11 is 3.55. The number of halogens is 1. The highest BCUT2D eigenvalue weighted by atomic mass is 79.9. The molecule has 0 saturated carbocycles. The number of hydrogen-bond acceptors (Lipinski definition) is 0. The van der Waals surface area contributed by atoms with Gasteiger partial charge in [-0.25, -0.2) is 0 Å². The lowest BCUT2D eigenvalue weighted by Gasteiger charge is -2.03. The minimum absolute atomic E-state index is 0.632. The first-order valence-electron chi connectivity index (χ1n) is 6.17. The van der Waals surface area contributed by atoms with Crippen molar-refractivity contribution < 1.29 is 0 Å². The maximum absolute atomic E-state index is 3.55. The third-order valence-electron chi connectivity index (χ3n) is 2.58. The first-order valence-corrected chi connectivity index (χ1v) is 7.75. The van der Waals surface area contributed by atoms with Crippen molar-refractivity contribution in [3.05, 3.63) is 0 Å². The van der Waals surface area contributed by atoms with E-state index in [1.807, 2.05) is 0 Å². The molecule has 0 bridgehead atoms. The molecule has 0 aliphatic carbocycles. The van der Waals surface area contributed by atoms with Gasteiger partial charge in [-0.15, -0.1) is 9.24 Å². The summed E-state index contributed by atoms with van der Waals surface area (Å²) in [7, 11) is 2.80. The smallest absolute Gasteiger partial charge is 0.0288 e.